The van der Waals surface area contributed by atoms with Gasteiger partial charge in [0.05, 0.1) is 5.69 Å². The van der Waals surface area contributed by atoms with E-state index >= 15 is 0 Å². The molecule has 0 aliphatic carbocycles. The maximum atomic E-state index is 6.71. The molecule has 6 heteroatoms. The third kappa shape index (κ3) is 7.00. The second-order valence-corrected chi connectivity index (χ2v) is 14.2. The van der Waals surface area contributed by atoms with Crippen molar-refractivity contribution in [2.24, 2.45) is 0 Å². The summed E-state index contributed by atoms with van der Waals surface area (Å²) in [4.78, 5) is 4.79. The Morgan fingerprint density at radius 3 is 2.23 bits per heavy atom. The van der Waals surface area contributed by atoms with Gasteiger partial charge in [0, 0.05) is 34.5 Å². The number of pyridine rings is 1. The van der Waals surface area contributed by atoms with Crippen LogP contribution in [0.25, 0.3) is 44.4 Å². The minimum absolute atomic E-state index is 0. The first-order chi connectivity index (χ1) is 24.7. The number of nitrogens with zero attached hydrogens (tertiary/aromatic N) is 4. The maximum absolute atomic E-state index is 6.71. The van der Waals surface area contributed by atoms with Gasteiger partial charge in [-0.25, -0.2) is 4.98 Å². The van der Waals surface area contributed by atoms with E-state index in [9.17, 15) is 0 Å². The molecular weight excluding hydrogens is 820 g/mol. The first-order valence-corrected chi connectivity index (χ1v) is 18.6. The predicted molar refractivity (Wildman–Crippen MR) is 211 cm³/mol. The molecule has 0 bridgehead atoms. The van der Waals surface area contributed by atoms with E-state index in [1.807, 2.05) is 12.3 Å². The zero-order chi connectivity index (χ0) is 35.8. The van der Waals surface area contributed by atoms with Gasteiger partial charge in [0.2, 0.25) is 0 Å². The number of rotatable bonds is 11. The predicted octanol–water partition coefficient (Wildman–Crippen LogP) is 11.9. The first kappa shape index (κ1) is 37.3. The summed E-state index contributed by atoms with van der Waals surface area (Å²) in [5.41, 5.74) is 14.2. The van der Waals surface area contributed by atoms with E-state index in [0.717, 1.165) is 71.1 Å². The van der Waals surface area contributed by atoms with Crippen molar-refractivity contribution >= 4 is 21.8 Å². The van der Waals surface area contributed by atoms with E-state index in [2.05, 4.69) is 144 Å². The molecule has 0 unspecified atom stereocenters. The molecule has 0 radical (unpaired) electrons. The molecule has 7 rings (SSSR count). The molecule has 7 aromatic rings. The molecule has 3 aromatic heterocycles. The van der Waals surface area contributed by atoms with Crippen molar-refractivity contribution in [3.8, 4) is 34.1 Å². The van der Waals surface area contributed by atoms with Crippen LogP contribution in [0, 0.1) is 32.9 Å². The van der Waals surface area contributed by atoms with Crippen LogP contribution in [0.2, 0.25) is 0 Å². The van der Waals surface area contributed by atoms with Gasteiger partial charge in [0.1, 0.15) is 5.82 Å². The Morgan fingerprint density at radius 1 is 0.769 bits per heavy atom. The van der Waals surface area contributed by atoms with Crippen LogP contribution in [0.5, 0.6) is 11.5 Å². The van der Waals surface area contributed by atoms with Crippen LogP contribution in [-0.4, -0.2) is 19.3 Å². The van der Waals surface area contributed by atoms with Crippen LogP contribution >= 0.6 is 0 Å². The molecule has 4 aromatic carbocycles. The Bertz CT molecular complexity index is 2360. The largest absolute Gasteiger partial charge is 2.00 e. The Kier molecular flexibility index (Phi) is 11.2. The number of hydrogen-bond donors (Lipinski definition) is 0. The number of benzene rings is 4. The third-order valence-corrected chi connectivity index (χ3v) is 9.93. The summed E-state index contributed by atoms with van der Waals surface area (Å²) < 4.78 is 11.1. The number of fused-ring (bicyclic) bond motifs is 3. The fourth-order valence-corrected chi connectivity index (χ4v) is 7.59. The summed E-state index contributed by atoms with van der Waals surface area (Å²) >= 11 is 0. The quantitative estimate of drug-likeness (QED) is 0.122. The molecule has 0 aliphatic heterocycles. The average Bonchev–Trinajstić information content (AvgIpc) is 3.63. The van der Waals surface area contributed by atoms with E-state index in [4.69, 9.17) is 14.8 Å². The zero-order valence-electron chi connectivity index (χ0n) is 31.6. The molecule has 0 spiro atoms. The van der Waals surface area contributed by atoms with Gasteiger partial charge in [0.15, 0.2) is 0 Å². The maximum Gasteiger partial charge on any atom is 2.00 e. The molecule has 0 amide bonds. The van der Waals surface area contributed by atoms with Crippen molar-refractivity contribution < 1.29 is 25.8 Å². The Hall–Kier alpha value is -4.47. The van der Waals surface area contributed by atoms with Crippen LogP contribution in [0.15, 0.2) is 79.0 Å². The number of para-hydroxylation sites is 1. The molecule has 0 aliphatic rings. The van der Waals surface area contributed by atoms with Gasteiger partial charge in [-0.05, 0) is 97.5 Å². The normalized spacial score (nSPS) is 11.5. The van der Waals surface area contributed by atoms with Gasteiger partial charge in [-0.2, -0.15) is 11.2 Å². The van der Waals surface area contributed by atoms with E-state index in [0.29, 0.717) is 11.5 Å². The molecular formula is C46H48N4OPt. The topological polar surface area (TPSA) is 44.9 Å². The van der Waals surface area contributed by atoms with Crippen molar-refractivity contribution in [3.63, 3.8) is 0 Å². The molecule has 268 valence electrons. The summed E-state index contributed by atoms with van der Waals surface area (Å²) in [6.07, 6.45) is 6.70. The van der Waals surface area contributed by atoms with E-state index < -0.39 is 0 Å². The molecule has 0 saturated carbocycles. The molecule has 52 heavy (non-hydrogen) atoms. The summed E-state index contributed by atoms with van der Waals surface area (Å²) in [7, 11) is 0. The number of aryl methyl sites for hydroxylation is 5. The van der Waals surface area contributed by atoms with Crippen molar-refractivity contribution in [1.29, 1.82) is 0 Å². The Labute approximate surface area is 323 Å². The number of hydrogen-bond acceptors (Lipinski definition) is 3. The SMILES string of the molecule is CCCc1nn(-c2[c-]c(Oc3[c-]c4c(cc3)c3ccccc3n4-c3cc(CC)ccn3)cc(C(C)C)c2)c(CCC)c1-c1c(C)cc(C)cc1C.[Pt+2]. The smallest absolute Gasteiger partial charge is 0.509 e. The monoisotopic (exact) mass is 867 g/mol. The minimum Gasteiger partial charge on any atom is -0.509 e. The Morgan fingerprint density at radius 2 is 1.52 bits per heavy atom. The molecule has 3 heterocycles. The first-order valence-electron chi connectivity index (χ1n) is 18.6. The second kappa shape index (κ2) is 15.6. The minimum atomic E-state index is 0. The van der Waals surface area contributed by atoms with Gasteiger partial charge in [-0.3, -0.25) is 4.68 Å². The molecule has 0 N–H and O–H groups in total. The van der Waals surface area contributed by atoms with Crippen LogP contribution < -0.4 is 4.74 Å². The summed E-state index contributed by atoms with van der Waals surface area (Å²) in [5.74, 6) is 2.45. The summed E-state index contributed by atoms with van der Waals surface area (Å²) in [6, 6.07) is 33.1. The fourth-order valence-electron chi connectivity index (χ4n) is 7.59. The average molecular weight is 868 g/mol. The van der Waals surface area contributed by atoms with Gasteiger partial charge in [-0.1, -0.05) is 88.9 Å². The molecule has 5 nitrogen and oxygen atoms in total. The summed E-state index contributed by atoms with van der Waals surface area (Å²) in [5, 5.41) is 7.63. The zero-order valence-corrected chi connectivity index (χ0v) is 33.9. The van der Waals surface area contributed by atoms with Crippen LogP contribution in [-0.2, 0) is 40.3 Å². The molecule has 0 atom stereocenters. The van der Waals surface area contributed by atoms with E-state index in [1.54, 1.807) is 0 Å². The number of ether oxygens (including phenoxy) is 1. The third-order valence-electron chi connectivity index (χ3n) is 9.93. The van der Waals surface area contributed by atoms with E-state index in [-0.39, 0.29) is 27.0 Å². The van der Waals surface area contributed by atoms with Gasteiger partial charge >= 0.3 is 21.1 Å². The standard InChI is InChI=1S/C46H48N4O.Pt/c1-9-14-40-46(45-31(7)22-30(6)23-32(45)8)42(15-10-2)50(48-40)35-25-34(29(4)5)26-37(27-35)51-36-18-19-39-38-16-12-13-17-41(38)49(43(39)28-36)44-24-33(11-3)20-21-47-44;/h12-13,16-26,29H,9-11,14-15H2,1-8H3;/q-2;+2. The number of aromatic nitrogens is 4. The molecule has 0 fully saturated rings. The second-order valence-electron chi connectivity index (χ2n) is 14.2. The fraction of sp³-hybridized carbons (Fsp3) is 0.304. The van der Waals surface area contributed by atoms with Crippen LogP contribution in [0.1, 0.15) is 92.6 Å². The van der Waals surface area contributed by atoms with Crippen molar-refractivity contribution in [2.45, 2.75) is 93.4 Å². The van der Waals surface area contributed by atoms with Gasteiger partial charge < -0.3 is 9.30 Å². The Balaban J connectivity index is 0.00000464. The van der Waals surface area contributed by atoms with Gasteiger partial charge in [0.25, 0.3) is 0 Å². The van der Waals surface area contributed by atoms with Crippen molar-refractivity contribution in [2.75, 3.05) is 0 Å². The van der Waals surface area contributed by atoms with Gasteiger partial charge in [-0.15, -0.1) is 41.3 Å². The molecule has 0 saturated heterocycles. The van der Waals surface area contributed by atoms with E-state index in [1.165, 1.54) is 44.6 Å². The van der Waals surface area contributed by atoms with Crippen molar-refractivity contribution in [3.05, 3.63) is 130 Å². The van der Waals surface area contributed by atoms with Crippen LogP contribution in [0.4, 0.5) is 0 Å². The van der Waals surface area contributed by atoms with Crippen LogP contribution in [0.3, 0.4) is 0 Å². The van der Waals surface area contributed by atoms with Crippen molar-refractivity contribution in [1.82, 2.24) is 19.3 Å². The summed E-state index contributed by atoms with van der Waals surface area (Å²) in [6.45, 7) is 17.7.